The summed E-state index contributed by atoms with van der Waals surface area (Å²) in [5, 5.41) is 1.22. The van der Waals surface area contributed by atoms with Gasteiger partial charge in [-0.1, -0.05) is 86.2 Å². The fourth-order valence-electron chi connectivity index (χ4n) is 2.30. The van der Waals surface area contributed by atoms with Crippen molar-refractivity contribution in [1.29, 1.82) is 0 Å². The number of rotatable bonds is 5. The van der Waals surface area contributed by atoms with E-state index >= 15 is 0 Å². The molecule has 122 valence electrons. The highest BCUT2D eigenvalue weighted by atomic mass is 31.0. The minimum atomic E-state index is 0.933. The fraction of sp³-hybridized carbons (Fsp3) is 0.273. The van der Waals surface area contributed by atoms with Crippen LogP contribution in [0.5, 0.6) is 0 Å². The molecule has 2 aromatic rings. The molecule has 0 saturated carbocycles. The molecular weight excluding hydrogens is 295 g/mol. The first-order chi connectivity index (χ1) is 11.0. The van der Waals surface area contributed by atoms with Gasteiger partial charge in [-0.15, -0.1) is 9.24 Å². The summed E-state index contributed by atoms with van der Waals surface area (Å²) < 4.78 is 0. The Labute approximate surface area is 144 Å². The summed E-state index contributed by atoms with van der Waals surface area (Å²) in [5.41, 5.74) is 6.50. The van der Waals surface area contributed by atoms with E-state index in [9.17, 15) is 0 Å². The third-order valence-corrected chi connectivity index (χ3v) is 3.99. The smallest absolute Gasteiger partial charge is 0.00667 e. The highest BCUT2D eigenvalue weighted by Gasteiger charge is 1.99. The molecule has 1 heteroatoms. The molecular formula is C22H29P. The van der Waals surface area contributed by atoms with E-state index in [0.717, 1.165) is 12.8 Å². The molecule has 0 N–H and O–H groups in total. The van der Waals surface area contributed by atoms with Crippen LogP contribution in [0.2, 0.25) is 0 Å². The highest BCUT2D eigenvalue weighted by molar-refractivity contribution is 7.27. The van der Waals surface area contributed by atoms with Crippen molar-refractivity contribution >= 4 is 20.1 Å². The summed E-state index contributed by atoms with van der Waals surface area (Å²) in [6.45, 7) is 12.5. The lowest BCUT2D eigenvalue weighted by Gasteiger charge is -2.06. The van der Waals surface area contributed by atoms with Crippen LogP contribution in [-0.4, -0.2) is 0 Å². The zero-order valence-corrected chi connectivity index (χ0v) is 16.0. The zero-order chi connectivity index (χ0) is 17.2. The van der Waals surface area contributed by atoms with Gasteiger partial charge >= 0.3 is 0 Å². The largest absolute Gasteiger partial charge is 0.106 e. The van der Waals surface area contributed by atoms with E-state index in [1.165, 1.54) is 33.1 Å². The molecule has 0 bridgehead atoms. The first kappa shape index (κ1) is 19.4. The van der Waals surface area contributed by atoms with E-state index in [2.05, 4.69) is 84.3 Å². The van der Waals surface area contributed by atoms with Crippen molar-refractivity contribution in [3.63, 3.8) is 0 Å². The average Bonchev–Trinajstić information content (AvgIpc) is 2.56. The van der Waals surface area contributed by atoms with Gasteiger partial charge in [-0.25, -0.2) is 0 Å². The molecule has 2 rings (SSSR count). The SMILES string of the molecule is C=C(C/C=C(\C)c1cccc(C)c1)Cc1ccc(P)cc1.CC. The van der Waals surface area contributed by atoms with Gasteiger partial charge in [0.15, 0.2) is 0 Å². The predicted octanol–water partition coefficient (Wildman–Crippen LogP) is 6.11. The van der Waals surface area contributed by atoms with E-state index in [-0.39, 0.29) is 0 Å². The molecule has 0 nitrogen and oxygen atoms in total. The van der Waals surface area contributed by atoms with Crippen molar-refractivity contribution in [3.05, 3.63) is 83.4 Å². The van der Waals surface area contributed by atoms with Crippen molar-refractivity contribution in [2.45, 2.75) is 40.5 Å². The van der Waals surface area contributed by atoms with Crippen molar-refractivity contribution in [1.82, 2.24) is 0 Å². The summed E-state index contributed by atoms with van der Waals surface area (Å²) in [6, 6.07) is 17.2. The summed E-state index contributed by atoms with van der Waals surface area (Å²) >= 11 is 0. The molecule has 1 unspecified atom stereocenters. The van der Waals surface area contributed by atoms with Gasteiger partial charge in [0.1, 0.15) is 0 Å². The van der Waals surface area contributed by atoms with E-state index in [4.69, 9.17) is 0 Å². The number of allylic oxidation sites excluding steroid dienone is 3. The van der Waals surface area contributed by atoms with Crippen molar-refractivity contribution in [2.75, 3.05) is 0 Å². The Bertz CT molecular complexity index is 648. The van der Waals surface area contributed by atoms with Crippen LogP contribution < -0.4 is 5.30 Å². The maximum atomic E-state index is 4.21. The molecule has 0 aliphatic heterocycles. The standard InChI is InChI=1S/C20H23P.C2H6/c1-15-5-4-6-19(14-15)17(3)8-7-16(2)13-18-9-11-20(21)12-10-18;1-2/h4-6,8-12,14H,2,7,13,21H2,1,3H3;1-2H3/b17-8+;. The number of aryl methyl sites for hydroxylation is 1. The first-order valence-corrected chi connectivity index (χ1v) is 8.87. The molecule has 1 atom stereocenters. The summed E-state index contributed by atoms with van der Waals surface area (Å²) in [7, 11) is 2.71. The minimum absolute atomic E-state index is 0.933. The molecule has 0 amide bonds. The van der Waals surface area contributed by atoms with Crippen LogP contribution in [-0.2, 0) is 6.42 Å². The van der Waals surface area contributed by atoms with Crippen molar-refractivity contribution < 1.29 is 0 Å². The van der Waals surface area contributed by atoms with Gasteiger partial charge in [-0.3, -0.25) is 0 Å². The molecule has 0 aliphatic rings. The van der Waals surface area contributed by atoms with Gasteiger partial charge < -0.3 is 0 Å². The van der Waals surface area contributed by atoms with Gasteiger partial charge in [0, 0.05) is 0 Å². The first-order valence-electron chi connectivity index (χ1n) is 8.29. The second kappa shape index (κ2) is 10.2. The summed E-state index contributed by atoms with van der Waals surface area (Å²) in [5.74, 6) is 0. The van der Waals surface area contributed by atoms with Crippen LogP contribution in [0.1, 0.15) is 43.9 Å². The highest BCUT2D eigenvalue weighted by Crippen LogP contribution is 2.18. The van der Waals surface area contributed by atoms with E-state index < -0.39 is 0 Å². The van der Waals surface area contributed by atoms with Gasteiger partial charge in [-0.05, 0) is 48.7 Å². The molecule has 23 heavy (non-hydrogen) atoms. The molecule has 0 saturated heterocycles. The Kier molecular flexibility index (Phi) is 8.59. The van der Waals surface area contributed by atoms with Crippen LogP contribution in [0.3, 0.4) is 0 Å². The average molecular weight is 324 g/mol. The number of benzene rings is 2. The second-order valence-corrected chi connectivity index (χ2v) is 6.30. The Morgan fingerprint density at radius 3 is 2.35 bits per heavy atom. The van der Waals surface area contributed by atoms with Crippen LogP contribution in [0, 0.1) is 6.92 Å². The number of hydrogen-bond acceptors (Lipinski definition) is 0. The lowest BCUT2D eigenvalue weighted by atomic mass is 10.00. The lowest BCUT2D eigenvalue weighted by Crippen LogP contribution is -1.93. The fourth-order valence-corrected chi connectivity index (χ4v) is 2.49. The zero-order valence-electron chi connectivity index (χ0n) is 14.9. The van der Waals surface area contributed by atoms with Gasteiger partial charge in [0.05, 0.1) is 0 Å². The monoisotopic (exact) mass is 324 g/mol. The Morgan fingerprint density at radius 2 is 1.74 bits per heavy atom. The third-order valence-electron chi connectivity index (χ3n) is 3.60. The molecule has 2 aromatic carbocycles. The maximum Gasteiger partial charge on any atom is -0.00667 e. The predicted molar refractivity (Wildman–Crippen MR) is 109 cm³/mol. The third kappa shape index (κ3) is 6.97. The van der Waals surface area contributed by atoms with Crippen LogP contribution in [0.15, 0.2) is 66.8 Å². The molecule has 0 fully saturated rings. The summed E-state index contributed by atoms with van der Waals surface area (Å²) in [4.78, 5) is 0. The Morgan fingerprint density at radius 1 is 1.09 bits per heavy atom. The van der Waals surface area contributed by atoms with Crippen molar-refractivity contribution in [3.8, 4) is 0 Å². The molecule has 0 aliphatic carbocycles. The second-order valence-electron chi connectivity index (χ2n) is 5.63. The molecule has 0 heterocycles. The van der Waals surface area contributed by atoms with E-state index in [1.54, 1.807) is 0 Å². The Balaban J connectivity index is 0.00000127. The van der Waals surface area contributed by atoms with Crippen LogP contribution in [0.25, 0.3) is 5.57 Å². The minimum Gasteiger partial charge on any atom is -0.106 e. The lowest BCUT2D eigenvalue weighted by molar-refractivity contribution is 1.08. The van der Waals surface area contributed by atoms with Gasteiger partial charge in [-0.2, -0.15) is 0 Å². The molecule has 0 aromatic heterocycles. The molecule has 0 radical (unpaired) electrons. The molecule has 0 spiro atoms. The van der Waals surface area contributed by atoms with Crippen molar-refractivity contribution in [2.24, 2.45) is 0 Å². The quantitative estimate of drug-likeness (QED) is 0.459. The van der Waals surface area contributed by atoms with Crippen LogP contribution in [0.4, 0.5) is 0 Å². The van der Waals surface area contributed by atoms with Gasteiger partial charge in [0.25, 0.3) is 0 Å². The number of hydrogen-bond donors (Lipinski definition) is 0. The summed E-state index contributed by atoms with van der Waals surface area (Å²) in [6.07, 6.45) is 4.16. The van der Waals surface area contributed by atoms with Gasteiger partial charge in [0.2, 0.25) is 0 Å². The Hall–Kier alpha value is -1.65. The van der Waals surface area contributed by atoms with Crippen LogP contribution >= 0.6 is 9.24 Å². The normalized spacial score (nSPS) is 10.7. The topological polar surface area (TPSA) is 0 Å². The maximum absolute atomic E-state index is 4.21. The van der Waals surface area contributed by atoms with E-state index in [1.807, 2.05) is 13.8 Å². The van der Waals surface area contributed by atoms with E-state index in [0.29, 0.717) is 0 Å².